The topological polar surface area (TPSA) is 29.3 Å². The molecule has 0 saturated carbocycles. The Balaban J connectivity index is 1.95. The van der Waals surface area contributed by atoms with Crippen molar-refractivity contribution in [2.24, 2.45) is 0 Å². The second-order valence-electron chi connectivity index (χ2n) is 5.44. The number of likely N-dealkylation sites (N-methyl/N-ethyl adjacent to an activating group) is 1. The first-order chi connectivity index (χ1) is 8.48. The van der Waals surface area contributed by atoms with Crippen LogP contribution in [0.1, 0.15) is 26.5 Å². The number of thioether (sulfide) groups is 1. The fraction of sp³-hybridized carbons (Fsp3) is 0.615. The Labute approximate surface area is 117 Å². The Kier molecular flexibility index (Phi) is 4.35. The number of hydrogen-bond donors (Lipinski definition) is 1. The summed E-state index contributed by atoms with van der Waals surface area (Å²) in [6.45, 7) is 6.78. The van der Waals surface area contributed by atoms with E-state index in [2.05, 4.69) is 53.2 Å². The lowest BCUT2D eigenvalue weighted by Crippen LogP contribution is -2.31. The van der Waals surface area contributed by atoms with E-state index in [0.29, 0.717) is 10.8 Å². The third kappa shape index (κ3) is 3.73. The summed E-state index contributed by atoms with van der Waals surface area (Å²) >= 11 is 3.69. The van der Waals surface area contributed by atoms with E-state index in [1.165, 1.54) is 5.69 Å². The van der Waals surface area contributed by atoms with Crippen LogP contribution < -0.4 is 5.32 Å². The molecule has 0 aliphatic heterocycles. The number of aromatic nitrogens is 2. The molecule has 1 N–H and O–H groups in total. The number of nitrogens with one attached hydrogen (secondary N) is 1. The van der Waals surface area contributed by atoms with Gasteiger partial charge in [-0.15, -0.1) is 11.3 Å². The van der Waals surface area contributed by atoms with E-state index in [0.717, 1.165) is 17.1 Å². The smallest absolute Gasteiger partial charge is 0.193 e. The van der Waals surface area contributed by atoms with E-state index < -0.39 is 0 Å². The van der Waals surface area contributed by atoms with Gasteiger partial charge >= 0.3 is 0 Å². The van der Waals surface area contributed by atoms with Crippen molar-refractivity contribution in [3.8, 4) is 0 Å². The summed E-state index contributed by atoms with van der Waals surface area (Å²) in [5.74, 6) is 1.12. The summed E-state index contributed by atoms with van der Waals surface area (Å²) in [7, 11) is 2.03. The van der Waals surface area contributed by atoms with E-state index >= 15 is 0 Å². The van der Waals surface area contributed by atoms with Crippen LogP contribution in [-0.2, 0) is 6.42 Å². The summed E-state index contributed by atoms with van der Waals surface area (Å²) in [6.07, 6.45) is 5.20. The lowest BCUT2D eigenvalue weighted by Gasteiger charge is -2.22. The molecule has 0 amide bonds. The van der Waals surface area contributed by atoms with Gasteiger partial charge in [0, 0.05) is 40.7 Å². The molecule has 0 aliphatic carbocycles. The molecular weight excluding hydrogens is 262 g/mol. The van der Waals surface area contributed by atoms with Crippen LogP contribution >= 0.6 is 23.1 Å². The molecule has 18 heavy (non-hydrogen) atoms. The highest BCUT2D eigenvalue weighted by Crippen LogP contribution is 2.24. The SMILES string of the molecule is CNC(CSC(C)(C)C)Cc1cn2ccsc2n1. The standard InChI is InChI=1S/C13H21N3S2/c1-13(2,3)18-9-11(14-4)7-10-8-16-5-6-17-12(16)15-10/h5-6,8,11,14H,7,9H2,1-4H3. The van der Waals surface area contributed by atoms with Crippen LogP contribution in [0.15, 0.2) is 17.8 Å². The van der Waals surface area contributed by atoms with Gasteiger partial charge in [-0.1, -0.05) is 20.8 Å². The van der Waals surface area contributed by atoms with Gasteiger partial charge in [0.15, 0.2) is 4.96 Å². The van der Waals surface area contributed by atoms with Crippen molar-refractivity contribution in [2.75, 3.05) is 12.8 Å². The minimum atomic E-state index is 0.323. The molecule has 2 aromatic rings. The molecule has 0 spiro atoms. The number of imidazole rings is 1. The lowest BCUT2D eigenvalue weighted by molar-refractivity contribution is 0.607. The van der Waals surface area contributed by atoms with Gasteiger partial charge in [0.2, 0.25) is 0 Å². The van der Waals surface area contributed by atoms with E-state index in [4.69, 9.17) is 0 Å². The minimum Gasteiger partial charge on any atom is -0.316 e. The van der Waals surface area contributed by atoms with Crippen LogP contribution in [0.5, 0.6) is 0 Å². The van der Waals surface area contributed by atoms with Crippen LogP contribution in [0.4, 0.5) is 0 Å². The largest absolute Gasteiger partial charge is 0.316 e. The van der Waals surface area contributed by atoms with Crippen molar-refractivity contribution in [1.82, 2.24) is 14.7 Å². The second kappa shape index (κ2) is 5.63. The molecule has 5 heteroatoms. The maximum atomic E-state index is 4.64. The van der Waals surface area contributed by atoms with E-state index in [-0.39, 0.29) is 0 Å². The number of fused-ring (bicyclic) bond motifs is 1. The fourth-order valence-corrected chi connectivity index (χ4v) is 3.43. The number of rotatable bonds is 5. The Morgan fingerprint density at radius 2 is 2.28 bits per heavy atom. The highest BCUT2D eigenvalue weighted by Gasteiger charge is 2.16. The summed E-state index contributed by atoms with van der Waals surface area (Å²) in [5.41, 5.74) is 1.18. The monoisotopic (exact) mass is 283 g/mol. The average Bonchev–Trinajstić information content (AvgIpc) is 2.82. The van der Waals surface area contributed by atoms with Crippen molar-refractivity contribution in [2.45, 2.75) is 38.0 Å². The van der Waals surface area contributed by atoms with Gasteiger partial charge in [0.25, 0.3) is 0 Å². The maximum absolute atomic E-state index is 4.64. The Morgan fingerprint density at radius 3 is 2.89 bits per heavy atom. The Hall–Kier alpha value is -0.520. The molecule has 0 radical (unpaired) electrons. The van der Waals surface area contributed by atoms with Gasteiger partial charge in [-0.05, 0) is 7.05 Å². The molecular formula is C13H21N3S2. The lowest BCUT2D eigenvalue weighted by atomic mass is 10.2. The average molecular weight is 283 g/mol. The predicted octanol–water partition coefficient (Wildman–Crippen LogP) is 3.06. The van der Waals surface area contributed by atoms with Crippen molar-refractivity contribution < 1.29 is 0 Å². The van der Waals surface area contributed by atoms with Crippen LogP contribution in [0.25, 0.3) is 4.96 Å². The molecule has 0 aliphatic rings. The number of nitrogens with zero attached hydrogens (tertiary/aromatic N) is 2. The summed E-state index contributed by atoms with van der Waals surface area (Å²) in [4.78, 5) is 5.72. The van der Waals surface area contributed by atoms with Crippen molar-refractivity contribution in [1.29, 1.82) is 0 Å². The van der Waals surface area contributed by atoms with Gasteiger partial charge in [-0.3, -0.25) is 4.40 Å². The van der Waals surface area contributed by atoms with E-state index in [1.54, 1.807) is 11.3 Å². The van der Waals surface area contributed by atoms with Crippen LogP contribution in [0.2, 0.25) is 0 Å². The first-order valence-electron chi connectivity index (χ1n) is 6.20. The minimum absolute atomic E-state index is 0.323. The molecule has 100 valence electrons. The summed E-state index contributed by atoms with van der Waals surface area (Å²) in [6, 6.07) is 0.485. The molecule has 2 rings (SSSR count). The molecule has 0 saturated heterocycles. The van der Waals surface area contributed by atoms with Gasteiger partial charge < -0.3 is 5.32 Å². The molecule has 0 bridgehead atoms. The van der Waals surface area contributed by atoms with Crippen molar-refractivity contribution in [3.05, 3.63) is 23.5 Å². The zero-order valence-electron chi connectivity index (χ0n) is 11.4. The van der Waals surface area contributed by atoms with Crippen LogP contribution in [-0.4, -0.2) is 33.0 Å². The van der Waals surface area contributed by atoms with Gasteiger partial charge in [0.1, 0.15) is 0 Å². The van der Waals surface area contributed by atoms with E-state index in [1.807, 2.05) is 18.8 Å². The Bertz CT molecular complexity index is 467. The second-order valence-corrected chi connectivity index (χ2v) is 8.16. The molecule has 1 atom stereocenters. The third-order valence-electron chi connectivity index (χ3n) is 2.72. The fourth-order valence-electron chi connectivity index (χ4n) is 1.72. The molecule has 1 unspecified atom stereocenters. The van der Waals surface area contributed by atoms with E-state index in [9.17, 15) is 0 Å². The van der Waals surface area contributed by atoms with Crippen LogP contribution in [0, 0.1) is 0 Å². The normalized spacial score (nSPS) is 14.2. The zero-order valence-corrected chi connectivity index (χ0v) is 13.1. The van der Waals surface area contributed by atoms with Crippen molar-refractivity contribution >= 4 is 28.1 Å². The summed E-state index contributed by atoms with van der Waals surface area (Å²) < 4.78 is 2.42. The molecule has 2 aromatic heterocycles. The van der Waals surface area contributed by atoms with Gasteiger partial charge in [0.05, 0.1) is 5.69 Å². The molecule has 0 fully saturated rings. The number of thiazole rings is 1. The maximum Gasteiger partial charge on any atom is 0.193 e. The van der Waals surface area contributed by atoms with Crippen LogP contribution in [0.3, 0.4) is 0 Å². The quantitative estimate of drug-likeness (QED) is 0.914. The molecule has 3 nitrogen and oxygen atoms in total. The molecule has 0 aromatic carbocycles. The Morgan fingerprint density at radius 1 is 1.50 bits per heavy atom. The van der Waals surface area contributed by atoms with Crippen molar-refractivity contribution in [3.63, 3.8) is 0 Å². The highest BCUT2D eigenvalue weighted by molar-refractivity contribution is 8.00. The first kappa shape index (κ1) is 13.9. The number of hydrogen-bond acceptors (Lipinski definition) is 4. The highest BCUT2D eigenvalue weighted by atomic mass is 32.2. The predicted molar refractivity (Wildman–Crippen MR) is 81.8 cm³/mol. The van der Waals surface area contributed by atoms with Gasteiger partial charge in [-0.25, -0.2) is 4.98 Å². The summed E-state index contributed by atoms with van der Waals surface area (Å²) in [5, 5.41) is 5.46. The van der Waals surface area contributed by atoms with Gasteiger partial charge in [-0.2, -0.15) is 11.8 Å². The first-order valence-corrected chi connectivity index (χ1v) is 8.07. The third-order valence-corrected chi connectivity index (χ3v) is 4.93. The zero-order chi connectivity index (χ0) is 13.2. The molecule has 2 heterocycles.